The van der Waals surface area contributed by atoms with Gasteiger partial charge >= 0.3 is 11.9 Å². The summed E-state index contributed by atoms with van der Waals surface area (Å²) in [7, 11) is 0. The summed E-state index contributed by atoms with van der Waals surface area (Å²) in [5.74, 6) is -0.898. The van der Waals surface area contributed by atoms with Crippen molar-refractivity contribution in [3.63, 3.8) is 0 Å². The number of rotatable bonds is 4. The number of ether oxygens (including phenoxy) is 2. The predicted molar refractivity (Wildman–Crippen MR) is 47.1 cm³/mol. The van der Waals surface area contributed by atoms with E-state index < -0.39 is 18.0 Å². The number of carbonyl (C=O) groups is 2. The fraction of sp³-hybridized carbons (Fsp3) is 0.778. The van der Waals surface area contributed by atoms with E-state index in [1.54, 1.807) is 20.8 Å². The van der Waals surface area contributed by atoms with Crippen LogP contribution in [-0.2, 0) is 19.1 Å². The first-order valence-corrected chi connectivity index (χ1v) is 4.37. The fourth-order valence-corrected chi connectivity index (χ4v) is 0.657. The van der Waals surface area contributed by atoms with Gasteiger partial charge in [0.05, 0.1) is 6.10 Å². The van der Waals surface area contributed by atoms with Gasteiger partial charge in [0.2, 0.25) is 0 Å². The van der Waals surface area contributed by atoms with Crippen LogP contribution >= 0.6 is 0 Å². The smallest absolute Gasteiger partial charge is 0.347 e. The molecule has 76 valence electrons. The van der Waals surface area contributed by atoms with Gasteiger partial charge in [-0.2, -0.15) is 0 Å². The van der Waals surface area contributed by atoms with Gasteiger partial charge in [0.15, 0.2) is 6.10 Å². The van der Waals surface area contributed by atoms with Crippen LogP contribution in [0.15, 0.2) is 0 Å². The third-order valence-corrected chi connectivity index (χ3v) is 1.28. The average Bonchev–Trinajstić information content (AvgIpc) is 2.02. The minimum atomic E-state index is -0.810. The van der Waals surface area contributed by atoms with E-state index in [9.17, 15) is 9.59 Å². The van der Waals surface area contributed by atoms with Crippen LogP contribution in [0.3, 0.4) is 0 Å². The van der Waals surface area contributed by atoms with Crippen molar-refractivity contribution < 1.29 is 19.1 Å². The van der Waals surface area contributed by atoms with Gasteiger partial charge in [-0.3, -0.25) is 4.79 Å². The molecule has 1 unspecified atom stereocenters. The average molecular weight is 188 g/mol. The summed E-state index contributed by atoms with van der Waals surface area (Å²) in [6.45, 7) is 6.65. The van der Waals surface area contributed by atoms with E-state index in [-0.39, 0.29) is 12.5 Å². The van der Waals surface area contributed by atoms with Gasteiger partial charge in [0, 0.05) is 6.42 Å². The number of esters is 2. The van der Waals surface area contributed by atoms with Crippen LogP contribution in [0.1, 0.15) is 34.1 Å². The highest BCUT2D eigenvalue weighted by Crippen LogP contribution is 2.00. The molecule has 13 heavy (non-hydrogen) atoms. The maximum absolute atomic E-state index is 11.1. The second-order valence-corrected chi connectivity index (χ2v) is 2.97. The SMILES string of the molecule is CCC(=O)OC(C)C(=O)OC(C)C. The largest absolute Gasteiger partial charge is 0.460 e. The zero-order chi connectivity index (χ0) is 10.4. The Morgan fingerprint density at radius 3 is 2.08 bits per heavy atom. The molecule has 0 heterocycles. The summed E-state index contributed by atoms with van der Waals surface area (Å²) in [4.78, 5) is 21.9. The van der Waals surface area contributed by atoms with Gasteiger partial charge in [-0.25, -0.2) is 4.79 Å². The van der Waals surface area contributed by atoms with E-state index in [1.807, 2.05) is 0 Å². The van der Waals surface area contributed by atoms with Gasteiger partial charge in [0.1, 0.15) is 0 Å². The standard InChI is InChI=1S/C9H16O4/c1-5-8(10)13-7(4)9(11)12-6(2)3/h6-7H,5H2,1-4H3. The second-order valence-electron chi connectivity index (χ2n) is 2.97. The number of hydrogen-bond donors (Lipinski definition) is 0. The van der Waals surface area contributed by atoms with Crippen LogP contribution in [0, 0.1) is 0 Å². The van der Waals surface area contributed by atoms with Crippen LogP contribution in [-0.4, -0.2) is 24.1 Å². The molecule has 4 nitrogen and oxygen atoms in total. The van der Waals surface area contributed by atoms with Crippen LogP contribution in [0.2, 0.25) is 0 Å². The molecule has 0 amide bonds. The summed E-state index contributed by atoms with van der Waals surface area (Å²) < 4.78 is 9.59. The molecule has 0 aliphatic heterocycles. The van der Waals surface area contributed by atoms with Crippen molar-refractivity contribution in [1.82, 2.24) is 0 Å². The molecule has 4 heteroatoms. The van der Waals surface area contributed by atoms with Crippen molar-refractivity contribution in [2.75, 3.05) is 0 Å². The highest BCUT2D eigenvalue weighted by molar-refractivity contribution is 5.78. The molecular formula is C9H16O4. The molecule has 0 bridgehead atoms. The molecule has 0 N–H and O–H groups in total. The monoisotopic (exact) mass is 188 g/mol. The summed E-state index contributed by atoms with van der Waals surface area (Å²) >= 11 is 0. The Balaban J connectivity index is 3.89. The summed E-state index contributed by atoms with van der Waals surface area (Å²) in [6.07, 6.45) is -0.732. The topological polar surface area (TPSA) is 52.6 Å². The third-order valence-electron chi connectivity index (χ3n) is 1.28. The zero-order valence-electron chi connectivity index (χ0n) is 8.49. The Morgan fingerprint density at radius 2 is 1.69 bits per heavy atom. The van der Waals surface area contributed by atoms with Gasteiger partial charge in [0.25, 0.3) is 0 Å². The normalized spacial score (nSPS) is 12.4. The quantitative estimate of drug-likeness (QED) is 0.623. The minimum Gasteiger partial charge on any atom is -0.460 e. The molecule has 0 aromatic rings. The Kier molecular flexibility index (Phi) is 5.11. The molecule has 0 spiro atoms. The lowest BCUT2D eigenvalue weighted by Gasteiger charge is -2.13. The molecule has 0 saturated carbocycles. The Labute approximate surface area is 78.2 Å². The van der Waals surface area contributed by atoms with E-state index in [4.69, 9.17) is 9.47 Å². The van der Waals surface area contributed by atoms with Crippen LogP contribution in [0.25, 0.3) is 0 Å². The molecule has 0 aromatic carbocycles. The van der Waals surface area contributed by atoms with Crippen molar-refractivity contribution >= 4 is 11.9 Å². The summed E-state index contributed by atoms with van der Waals surface area (Å²) in [5, 5.41) is 0. The highest BCUT2D eigenvalue weighted by atomic mass is 16.6. The van der Waals surface area contributed by atoms with E-state index in [1.165, 1.54) is 6.92 Å². The van der Waals surface area contributed by atoms with E-state index in [0.29, 0.717) is 0 Å². The van der Waals surface area contributed by atoms with Gasteiger partial charge in [-0.05, 0) is 20.8 Å². The molecule has 0 fully saturated rings. The first-order valence-electron chi connectivity index (χ1n) is 4.37. The Morgan fingerprint density at radius 1 is 1.15 bits per heavy atom. The van der Waals surface area contributed by atoms with E-state index in [2.05, 4.69) is 0 Å². The number of hydrogen-bond acceptors (Lipinski definition) is 4. The first-order chi connectivity index (χ1) is 5.97. The molecule has 0 saturated heterocycles. The Hall–Kier alpha value is -1.06. The van der Waals surface area contributed by atoms with Crippen molar-refractivity contribution in [1.29, 1.82) is 0 Å². The fourth-order valence-electron chi connectivity index (χ4n) is 0.657. The van der Waals surface area contributed by atoms with Crippen molar-refractivity contribution in [2.24, 2.45) is 0 Å². The molecular weight excluding hydrogens is 172 g/mol. The summed E-state index contributed by atoms with van der Waals surface area (Å²) in [5.41, 5.74) is 0. The minimum absolute atomic E-state index is 0.185. The van der Waals surface area contributed by atoms with Gasteiger partial charge < -0.3 is 9.47 Å². The van der Waals surface area contributed by atoms with Gasteiger partial charge in [-0.1, -0.05) is 6.92 Å². The predicted octanol–water partition coefficient (Wildman–Crippen LogP) is 1.28. The van der Waals surface area contributed by atoms with Crippen LogP contribution in [0.5, 0.6) is 0 Å². The van der Waals surface area contributed by atoms with Crippen molar-refractivity contribution in [3.05, 3.63) is 0 Å². The third kappa shape index (κ3) is 5.22. The van der Waals surface area contributed by atoms with Gasteiger partial charge in [-0.15, -0.1) is 0 Å². The maximum atomic E-state index is 11.1. The molecule has 1 atom stereocenters. The van der Waals surface area contributed by atoms with Crippen molar-refractivity contribution in [3.8, 4) is 0 Å². The zero-order valence-corrected chi connectivity index (χ0v) is 8.49. The maximum Gasteiger partial charge on any atom is 0.347 e. The lowest BCUT2D eigenvalue weighted by atomic mass is 10.4. The highest BCUT2D eigenvalue weighted by Gasteiger charge is 2.18. The first kappa shape index (κ1) is 11.9. The summed E-state index contributed by atoms with van der Waals surface area (Å²) in [6, 6.07) is 0. The van der Waals surface area contributed by atoms with Crippen LogP contribution < -0.4 is 0 Å². The molecule has 0 aromatic heterocycles. The lowest BCUT2D eigenvalue weighted by Crippen LogP contribution is -2.27. The van der Waals surface area contributed by atoms with E-state index >= 15 is 0 Å². The van der Waals surface area contributed by atoms with Crippen molar-refractivity contribution in [2.45, 2.75) is 46.3 Å². The second kappa shape index (κ2) is 5.56. The van der Waals surface area contributed by atoms with Crippen LogP contribution in [0.4, 0.5) is 0 Å². The van der Waals surface area contributed by atoms with E-state index in [0.717, 1.165) is 0 Å². The molecule has 0 radical (unpaired) electrons. The molecule has 0 aliphatic carbocycles. The molecule has 0 rings (SSSR count). The Bertz CT molecular complexity index is 186. The molecule has 0 aliphatic rings. The number of carbonyl (C=O) groups excluding carboxylic acids is 2. The lowest BCUT2D eigenvalue weighted by molar-refractivity contribution is -0.168.